The molecule has 6 nitrogen and oxygen atoms in total. The lowest BCUT2D eigenvalue weighted by Crippen LogP contribution is -2.34. The van der Waals surface area contributed by atoms with E-state index in [0.717, 1.165) is 95.8 Å². The summed E-state index contributed by atoms with van der Waals surface area (Å²) in [6, 6.07) is 0.555. The van der Waals surface area contributed by atoms with E-state index in [-0.39, 0.29) is 17.9 Å². The van der Waals surface area contributed by atoms with Crippen molar-refractivity contribution in [2.75, 3.05) is 26.3 Å². The number of ketones is 2. The van der Waals surface area contributed by atoms with Crippen molar-refractivity contribution in [3.05, 3.63) is 25.3 Å². The second kappa shape index (κ2) is 58.8. The molecule has 0 bridgehead atoms. The first-order valence-corrected chi connectivity index (χ1v) is 30.4. The van der Waals surface area contributed by atoms with Crippen molar-refractivity contribution in [1.82, 2.24) is 4.90 Å². The van der Waals surface area contributed by atoms with E-state index in [4.69, 9.17) is 9.47 Å². The molecule has 0 N–H and O–H groups in total. The zero-order chi connectivity index (χ0) is 51.9. The molecule has 6 heteroatoms. The Labute approximate surface area is 432 Å². The minimum Gasteiger partial charge on any atom is -0.462 e. The summed E-state index contributed by atoms with van der Waals surface area (Å²) in [6.45, 7) is 30.6. The van der Waals surface area contributed by atoms with Crippen LogP contribution in [0.4, 0.5) is 0 Å². The molecule has 0 aromatic rings. The summed E-state index contributed by atoms with van der Waals surface area (Å²) in [7, 11) is 0. The highest BCUT2D eigenvalue weighted by Gasteiger charge is 2.29. The fraction of sp³-hybridized carbons (Fsp3) is 0.889. The SMILES string of the molecule is C=CC(=O)CCCCC.C=CC(CCCCCC)CCCCCC.CC.CCCCCCCCC(CCCCCCCC)OC(=O)CCCCCCCOC[C@@H]1CC(C)CN1CCCCCC(C)=O. The minimum absolute atomic E-state index is 0.0273. The molecule has 0 aromatic heterocycles. The van der Waals surface area contributed by atoms with Gasteiger partial charge in [-0.05, 0) is 108 Å². The van der Waals surface area contributed by atoms with Crippen molar-refractivity contribution in [3.8, 4) is 0 Å². The van der Waals surface area contributed by atoms with Gasteiger partial charge in [-0.3, -0.25) is 14.5 Å². The number of Topliss-reactive ketones (excluding diaryl/α,β-unsaturated/α-hetero) is 1. The van der Waals surface area contributed by atoms with Crippen LogP contribution in [0.1, 0.15) is 313 Å². The Bertz CT molecular complexity index is 1060. The highest BCUT2D eigenvalue weighted by Crippen LogP contribution is 2.24. The van der Waals surface area contributed by atoms with E-state index in [1.54, 1.807) is 6.92 Å². The monoisotopic (exact) mass is 974 g/mol. The van der Waals surface area contributed by atoms with Crippen LogP contribution in [-0.4, -0.2) is 60.9 Å². The number of esters is 1. The molecule has 410 valence electrons. The molecule has 2 atom stereocenters. The van der Waals surface area contributed by atoms with Crippen molar-refractivity contribution in [3.63, 3.8) is 0 Å². The van der Waals surface area contributed by atoms with E-state index >= 15 is 0 Å². The maximum absolute atomic E-state index is 12.6. The summed E-state index contributed by atoms with van der Waals surface area (Å²) in [5.74, 6) is 2.05. The number of likely N-dealkylation sites (tertiary alicyclic amines) is 1. The number of allylic oxidation sites excluding steroid dienone is 2. The first-order valence-electron chi connectivity index (χ1n) is 30.4. The van der Waals surface area contributed by atoms with Crippen molar-refractivity contribution >= 4 is 17.5 Å². The molecule has 1 unspecified atom stereocenters. The molecule has 1 heterocycles. The summed E-state index contributed by atoms with van der Waals surface area (Å²) in [6.07, 6.45) is 50.6. The van der Waals surface area contributed by atoms with E-state index < -0.39 is 0 Å². The molecule has 69 heavy (non-hydrogen) atoms. The molecule has 0 aliphatic carbocycles. The molecular weight excluding hydrogens is 851 g/mol. The lowest BCUT2D eigenvalue weighted by Gasteiger charge is -2.24. The molecule has 0 radical (unpaired) electrons. The van der Waals surface area contributed by atoms with Crippen LogP contribution in [0, 0.1) is 11.8 Å². The van der Waals surface area contributed by atoms with Crippen LogP contribution < -0.4 is 0 Å². The highest BCUT2D eigenvalue weighted by molar-refractivity contribution is 5.88. The standard InChI is InChI=1S/C38H73NO4.C15H30.C8H14O.C2H6/c1-5-7-9-11-14-20-26-37(27-21-15-12-10-8-6-2)43-38(41)28-22-16-13-17-24-30-42-33-36-31-34(3)32-39(36)29-23-18-19-25-35(4)40;1-4-7-9-11-13-15(6-3)14-12-10-8-5-2;1-3-5-6-7-8(9)4-2;1-2/h34,36-37H,5-33H2,1-4H3;6,15H,3-5,7-14H2,1-2H3;4H,2-3,5-7H2,1H3;1-2H3/t34?,36-;;;/m0.../s1. The van der Waals surface area contributed by atoms with Gasteiger partial charge in [0.1, 0.15) is 11.9 Å². The fourth-order valence-electron chi connectivity index (χ4n) is 9.28. The van der Waals surface area contributed by atoms with Gasteiger partial charge >= 0.3 is 5.97 Å². The summed E-state index contributed by atoms with van der Waals surface area (Å²) < 4.78 is 12.1. The maximum Gasteiger partial charge on any atom is 0.306 e. The minimum atomic E-state index is 0.0273. The number of carbonyl (C=O) groups excluding carboxylic acids is 3. The molecule has 1 fully saturated rings. The predicted molar refractivity (Wildman–Crippen MR) is 305 cm³/mol. The molecule has 0 amide bonds. The van der Waals surface area contributed by atoms with Gasteiger partial charge in [-0.15, -0.1) is 6.58 Å². The number of hydrogen-bond acceptors (Lipinski definition) is 6. The second-order valence-electron chi connectivity index (χ2n) is 20.6. The summed E-state index contributed by atoms with van der Waals surface area (Å²) in [5.41, 5.74) is 0. The average Bonchev–Trinajstić information content (AvgIpc) is 3.71. The first-order chi connectivity index (χ1) is 33.6. The van der Waals surface area contributed by atoms with E-state index in [9.17, 15) is 14.4 Å². The van der Waals surface area contributed by atoms with Crippen molar-refractivity contribution < 1.29 is 23.9 Å². The van der Waals surface area contributed by atoms with Crippen LogP contribution in [0.5, 0.6) is 0 Å². The Morgan fingerprint density at radius 1 is 0.551 bits per heavy atom. The zero-order valence-electron chi connectivity index (χ0n) is 48.3. The summed E-state index contributed by atoms with van der Waals surface area (Å²) >= 11 is 0. The summed E-state index contributed by atoms with van der Waals surface area (Å²) in [5, 5.41) is 0. The van der Waals surface area contributed by atoms with Gasteiger partial charge in [-0.1, -0.05) is 222 Å². The molecule has 0 saturated carbocycles. The van der Waals surface area contributed by atoms with Crippen molar-refractivity contribution in [1.29, 1.82) is 0 Å². The third-order valence-corrected chi connectivity index (χ3v) is 13.7. The smallest absolute Gasteiger partial charge is 0.306 e. The Morgan fingerprint density at radius 3 is 1.48 bits per heavy atom. The van der Waals surface area contributed by atoms with E-state index in [2.05, 4.69) is 65.7 Å². The van der Waals surface area contributed by atoms with Gasteiger partial charge in [-0.25, -0.2) is 0 Å². The molecule has 0 spiro atoms. The van der Waals surface area contributed by atoms with Crippen molar-refractivity contribution in [2.24, 2.45) is 11.8 Å². The molecule has 1 saturated heterocycles. The van der Waals surface area contributed by atoms with E-state index in [1.165, 1.54) is 186 Å². The molecule has 1 aliphatic rings. The Morgan fingerprint density at radius 2 is 0.971 bits per heavy atom. The Hall–Kier alpha value is -1.79. The van der Waals surface area contributed by atoms with Gasteiger partial charge in [0.05, 0.1) is 6.61 Å². The first kappa shape index (κ1) is 71.5. The van der Waals surface area contributed by atoms with Gasteiger partial charge in [0.25, 0.3) is 0 Å². The molecule has 1 aliphatic heterocycles. The van der Waals surface area contributed by atoms with Crippen LogP contribution in [-0.2, 0) is 23.9 Å². The molecular formula is C63H123NO5. The molecule has 1 rings (SSSR count). The lowest BCUT2D eigenvalue weighted by atomic mass is 9.95. The van der Waals surface area contributed by atoms with Gasteiger partial charge in [-0.2, -0.15) is 0 Å². The lowest BCUT2D eigenvalue weighted by molar-refractivity contribution is -0.150. The normalized spacial score (nSPS) is 14.4. The van der Waals surface area contributed by atoms with Crippen molar-refractivity contribution in [2.45, 2.75) is 325 Å². The van der Waals surface area contributed by atoms with Crippen LogP contribution >= 0.6 is 0 Å². The highest BCUT2D eigenvalue weighted by atomic mass is 16.5. The second-order valence-corrected chi connectivity index (χ2v) is 20.6. The Kier molecular flexibility index (Phi) is 60.9. The molecule has 0 aromatic carbocycles. The number of unbranched alkanes of at least 4 members (excludes halogenated alkanes) is 24. The third kappa shape index (κ3) is 53.8. The fourth-order valence-corrected chi connectivity index (χ4v) is 9.28. The van der Waals surface area contributed by atoms with Gasteiger partial charge in [0, 0.05) is 38.5 Å². The van der Waals surface area contributed by atoms with Crippen LogP contribution in [0.3, 0.4) is 0 Å². The Balaban J connectivity index is -0.00000136. The van der Waals surface area contributed by atoms with Crippen LogP contribution in [0.2, 0.25) is 0 Å². The zero-order valence-corrected chi connectivity index (χ0v) is 48.3. The number of carbonyl (C=O) groups is 3. The number of rotatable bonds is 47. The largest absolute Gasteiger partial charge is 0.462 e. The number of ether oxygens (including phenoxy) is 2. The van der Waals surface area contributed by atoms with Gasteiger partial charge < -0.3 is 14.3 Å². The van der Waals surface area contributed by atoms with Gasteiger partial charge in [0.15, 0.2) is 5.78 Å². The topological polar surface area (TPSA) is 72.9 Å². The number of hydrogen-bond donors (Lipinski definition) is 0. The third-order valence-electron chi connectivity index (χ3n) is 13.7. The van der Waals surface area contributed by atoms with Crippen LogP contribution in [0.25, 0.3) is 0 Å². The summed E-state index contributed by atoms with van der Waals surface area (Å²) in [4.78, 5) is 36.9. The average molecular weight is 975 g/mol. The van der Waals surface area contributed by atoms with E-state index in [0.29, 0.717) is 24.7 Å². The quantitative estimate of drug-likeness (QED) is 0.0262. The number of nitrogens with zero attached hydrogens (tertiary/aromatic N) is 1. The van der Waals surface area contributed by atoms with Crippen LogP contribution in [0.15, 0.2) is 25.3 Å². The van der Waals surface area contributed by atoms with E-state index in [1.807, 2.05) is 13.8 Å². The predicted octanol–water partition coefficient (Wildman–Crippen LogP) is 19.7. The van der Waals surface area contributed by atoms with Gasteiger partial charge in [0.2, 0.25) is 0 Å². The maximum atomic E-state index is 12.6.